The fourth-order valence-corrected chi connectivity index (χ4v) is 2.59. The average Bonchev–Trinajstić information content (AvgIpc) is 3.26. The van der Waals surface area contributed by atoms with Crippen LogP contribution in [0.1, 0.15) is 18.4 Å². The lowest BCUT2D eigenvalue weighted by Crippen LogP contribution is -2.32. The number of alkyl halides is 1. The normalized spacial score (nSPS) is 25.1. The van der Waals surface area contributed by atoms with Crippen molar-refractivity contribution in [3.05, 3.63) is 35.9 Å². The summed E-state index contributed by atoms with van der Waals surface area (Å²) in [4.78, 5) is 13.5. The summed E-state index contributed by atoms with van der Waals surface area (Å²) in [6, 6.07) is 10.1. The third-order valence-corrected chi connectivity index (χ3v) is 4.07. The first-order chi connectivity index (χ1) is 10.2. The fraction of sp³-hybridized carbons (Fsp3) is 0.562. The van der Waals surface area contributed by atoms with Gasteiger partial charge in [-0.3, -0.25) is 0 Å². The van der Waals surface area contributed by atoms with E-state index in [4.69, 9.17) is 4.74 Å². The number of rotatable bonds is 5. The van der Waals surface area contributed by atoms with E-state index in [0.717, 1.165) is 5.56 Å². The molecule has 5 heteroatoms. The molecule has 2 atom stereocenters. The van der Waals surface area contributed by atoms with Crippen molar-refractivity contribution in [1.82, 2.24) is 10.2 Å². The van der Waals surface area contributed by atoms with Gasteiger partial charge in [-0.15, -0.1) is 0 Å². The number of nitrogens with zero attached hydrogens (tertiary/aromatic N) is 1. The molecule has 1 heterocycles. The minimum Gasteiger partial charge on any atom is -0.445 e. The summed E-state index contributed by atoms with van der Waals surface area (Å²) < 4.78 is 19.2. The third-order valence-electron chi connectivity index (χ3n) is 4.07. The van der Waals surface area contributed by atoms with Gasteiger partial charge in [-0.25, -0.2) is 9.18 Å². The largest absolute Gasteiger partial charge is 0.445 e. The standard InChI is InChI=1S/C16H21FN2O2/c17-15-10-19(9-13(15)8-18-14-6-7-14)16(20)21-11-12-4-2-1-3-5-12/h1-5,13-15,18H,6-11H2/t13-,15+/m1/s1. The Balaban J connectivity index is 1.44. The number of likely N-dealkylation sites (tertiary alicyclic amines) is 1. The van der Waals surface area contributed by atoms with E-state index in [1.807, 2.05) is 30.3 Å². The molecule has 1 amide bonds. The maximum atomic E-state index is 13.9. The SMILES string of the molecule is O=C(OCc1ccccc1)N1C[C@@H](CNC2CC2)[C@@H](F)C1. The molecule has 3 rings (SSSR count). The van der Waals surface area contributed by atoms with Crippen LogP contribution in [0.2, 0.25) is 0 Å². The van der Waals surface area contributed by atoms with Crippen molar-refractivity contribution in [2.24, 2.45) is 5.92 Å². The molecule has 0 aromatic heterocycles. The molecule has 114 valence electrons. The molecule has 4 nitrogen and oxygen atoms in total. The molecule has 1 aromatic rings. The second-order valence-corrected chi connectivity index (χ2v) is 5.90. The predicted molar refractivity (Wildman–Crippen MR) is 77.6 cm³/mol. The van der Waals surface area contributed by atoms with Crippen LogP contribution in [0.4, 0.5) is 9.18 Å². The van der Waals surface area contributed by atoms with Crippen LogP contribution in [-0.4, -0.2) is 42.8 Å². The van der Waals surface area contributed by atoms with Crippen LogP contribution in [0.15, 0.2) is 30.3 Å². The van der Waals surface area contributed by atoms with Gasteiger partial charge in [-0.2, -0.15) is 0 Å². The van der Waals surface area contributed by atoms with Gasteiger partial charge >= 0.3 is 6.09 Å². The molecule has 1 aliphatic carbocycles. The van der Waals surface area contributed by atoms with Gasteiger partial charge in [0, 0.05) is 25.0 Å². The molecular formula is C16H21FN2O2. The zero-order valence-electron chi connectivity index (χ0n) is 12.0. The van der Waals surface area contributed by atoms with E-state index in [1.165, 1.54) is 17.7 Å². The molecule has 21 heavy (non-hydrogen) atoms. The highest BCUT2D eigenvalue weighted by molar-refractivity contribution is 5.68. The molecule has 2 fully saturated rings. The minimum atomic E-state index is -0.958. The smallest absolute Gasteiger partial charge is 0.410 e. The molecule has 0 radical (unpaired) electrons. The zero-order valence-corrected chi connectivity index (χ0v) is 12.0. The Morgan fingerprint density at radius 3 is 2.76 bits per heavy atom. The summed E-state index contributed by atoms with van der Waals surface area (Å²) >= 11 is 0. The lowest BCUT2D eigenvalue weighted by atomic mass is 10.1. The molecule has 0 spiro atoms. The van der Waals surface area contributed by atoms with Crippen LogP contribution < -0.4 is 5.32 Å². The van der Waals surface area contributed by atoms with Crippen molar-refractivity contribution in [3.8, 4) is 0 Å². The van der Waals surface area contributed by atoms with Gasteiger partial charge in [-0.1, -0.05) is 30.3 Å². The van der Waals surface area contributed by atoms with Crippen molar-refractivity contribution in [1.29, 1.82) is 0 Å². The van der Waals surface area contributed by atoms with E-state index in [1.54, 1.807) is 0 Å². The summed E-state index contributed by atoms with van der Waals surface area (Å²) in [7, 11) is 0. The monoisotopic (exact) mass is 292 g/mol. The number of carbonyl (C=O) groups is 1. The lowest BCUT2D eigenvalue weighted by Gasteiger charge is -2.16. The van der Waals surface area contributed by atoms with Gasteiger partial charge < -0.3 is 15.0 Å². The quantitative estimate of drug-likeness (QED) is 0.905. The number of amides is 1. The van der Waals surface area contributed by atoms with E-state index < -0.39 is 12.3 Å². The molecule has 0 unspecified atom stereocenters. The van der Waals surface area contributed by atoms with E-state index in [0.29, 0.717) is 19.1 Å². The molecule has 1 saturated carbocycles. The first-order valence-electron chi connectivity index (χ1n) is 7.55. The van der Waals surface area contributed by atoms with Gasteiger partial charge in [0.2, 0.25) is 0 Å². The highest BCUT2D eigenvalue weighted by Crippen LogP contribution is 2.23. The van der Waals surface area contributed by atoms with Crippen LogP contribution >= 0.6 is 0 Å². The Hall–Kier alpha value is -1.62. The Morgan fingerprint density at radius 1 is 1.29 bits per heavy atom. The Labute approximate surface area is 124 Å². The molecule has 1 N–H and O–H groups in total. The average molecular weight is 292 g/mol. The van der Waals surface area contributed by atoms with Crippen molar-refractivity contribution in [3.63, 3.8) is 0 Å². The molecule has 1 aromatic carbocycles. The van der Waals surface area contributed by atoms with Crippen LogP contribution in [0.5, 0.6) is 0 Å². The summed E-state index contributed by atoms with van der Waals surface area (Å²) in [5.74, 6) is -0.116. The van der Waals surface area contributed by atoms with E-state index >= 15 is 0 Å². The van der Waals surface area contributed by atoms with Crippen molar-refractivity contribution in [2.45, 2.75) is 31.7 Å². The van der Waals surface area contributed by atoms with E-state index in [2.05, 4.69) is 5.32 Å². The number of ether oxygens (including phenoxy) is 1. The first-order valence-corrected chi connectivity index (χ1v) is 7.55. The number of benzene rings is 1. The van der Waals surface area contributed by atoms with Crippen molar-refractivity contribution >= 4 is 6.09 Å². The van der Waals surface area contributed by atoms with Gasteiger partial charge in [0.1, 0.15) is 12.8 Å². The molecule has 2 aliphatic rings. The summed E-state index contributed by atoms with van der Waals surface area (Å²) in [6.45, 7) is 1.46. The Morgan fingerprint density at radius 2 is 2.05 bits per heavy atom. The minimum absolute atomic E-state index is 0.116. The number of halogens is 1. The summed E-state index contributed by atoms with van der Waals surface area (Å²) in [6.07, 6.45) is 0.995. The summed E-state index contributed by atoms with van der Waals surface area (Å²) in [5, 5.41) is 3.33. The van der Waals surface area contributed by atoms with Gasteiger partial charge in [-0.05, 0) is 18.4 Å². The molecule has 1 saturated heterocycles. The highest BCUT2D eigenvalue weighted by atomic mass is 19.1. The zero-order chi connectivity index (χ0) is 14.7. The van der Waals surface area contributed by atoms with Gasteiger partial charge in [0.05, 0.1) is 6.54 Å². The second-order valence-electron chi connectivity index (χ2n) is 5.90. The van der Waals surface area contributed by atoms with Crippen molar-refractivity contribution < 1.29 is 13.9 Å². The maximum Gasteiger partial charge on any atom is 0.410 e. The molecule has 1 aliphatic heterocycles. The molecule has 0 bridgehead atoms. The topological polar surface area (TPSA) is 41.6 Å². The first kappa shape index (κ1) is 14.3. The maximum absolute atomic E-state index is 13.9. The van der Waals surface area contributed by atoms with E-state index in [-0.39, 0.29) is 19.1 Å². The number of hydrogen-bond acceptors (Lipinski definition) is 3. The number of carbonyl (C=O) groups excluding carboxylic acids is 1. The van der Waals surface area contributed by atoms with Crippen LogP contribution in [-0.2, 0) is 11.3 Å². The Kier molecular flexibility index (Phi) is 4.39. The van der Waals surface area contributed by atoms with Gasteiger partial charge in [0.15, 0.2) is 0 Å². The highest BCUT2D eigenvalue weighted by Gasteiger charge is 2.36. The number of hydrogen-bond donors (Lipinski definition) is 1. The van der Waals surface area contributed by atoms with Crippen LogP contribution in [0.3, 0.4) is 0 Å². The lowest BCUT2D eigenvalue weighted by molar-refractivity contribution is 0.102. The predicted octanol–water partition coefficient (Wildman–Crippen LogP) is 2.35. The van der Waals surface area contributed by atoms with Gasteiger partial charge in [0.25, 0.3) is 0 Å². The van der Waals surface area contributed by atoms with E-state index in [9.17, 15) is 9.18 Å². The second kappa shape index (κ2) is 6.43. The van der Waals surface area contributed by atoms with Crippen molar-refractivity contribution in [2.75, 3.05) is 19.6 Å². The third kappa shape index (κ3) is 3.94. The van der Waals surface area contributed by atoms with Crippen LogP contribution in [0, 0.1) is 5.92 Å². The fourth-order valence-electron chi connectivity index (χ4n) is 2.59. The molecular weight excluding hydrogens is 271 g/mol. The summed E-state index contributed by atoms with van der Waals surface area (Å²) in [5.41, 5.74) is 0.939. The Bertz CT molecular complexity index is 478. The number of nitrogens with one attached hydrogen (secondary N) is 1. The van der Waals surface area contributed by atoms with Crippen LogP contribution in [0.25, 0.3) is 0 Å².